The van der Waals surface area contributed by atoms with Gasteiger partial charge in [0, 0.05) is 18.7 Å². The van der Waals surface area contributed by atoms with Gasteiger partial charge in [-0.2, -0.15) is 13.2 Å². The van der Waals surface area contributed by atoms with Gasteiger partial charge in [0.2, 0.25) is 0 Å². The molecule has 1 amide bonds. The van der Waals surface area contributed by atoms with Gasteiger partial charge in [0.1, 0.15) is 0 Å². The van der Waals surface area contributed by atoms with E-state index in [1.807, 2.05) is 17.9 Å². The summed E-state index contributed by atoms with van der Waals surface area (Å²) in [6, 6.07) is 10.5. The van der Waals surface area contributed by atoms with Gasteiger partial charge in [-0.25, -0.2) is 0 Å². The summed E-state index contributed by atoms with van der Waals surface area (Å²) in [5, 5.41) is 2.68. The first-order chi connectivity index (χ1) is 12.3. The standard InChI is InChI=1S/C20H21F3N2O/c1-14-6-5-7-15(12-14)19(26)24-17-13-16(20(21,22)23)8-9-18(17)25-10-3-2-4-11-25/h5-9,12-13H,2-4,10-11H2,1H3,(H,24,26). The Morgan fingerprint density at radius 2 is 1.77 bits per heavy atom. The molecule has 26 heavy (non-hydrogen) atoms. The highest BCUT2D eigenvalue weighted by atomic mass is 19.4. The smallest absolute Gasteiger partial charge is 0.370 e. The maximum Gasteiger partial charge on any atom is 0.416 e. The minimum atomic E-state index is -4.46. The molecule has 1 aliphatic heterocycles. The largest absolute Gasteiger partial charge is 0.416 e. The number of anilines is 2. The number of nitrogens with one attached hydrogen (secondary N) is 1. The third kappa shape index (κ3) is 4.18. The van der Waals surface area contributed by atoms with E-state index in [-0.39, 0.29) is 5.69 Å². The van der Waals surface area contributed by atoms with Crippen molar-refractivity contribution in [3.05, 3.63) is 59.2 Å². The molecule has 0 spiro atoms. The van der Waals surface area contributed by atoms with Gasteiger partial charge in [0.15, 0.2) is 0 Å². The highest BCUT2D eigenvalue weighted by Gasteiger charge is 2.32. The van der Waals surface area contributed by atoms with E-state index >= 15 is 0 Å². The van der Waals surface area contributed by atoms with Crippen molar-refractivity contribution in [1.82, 2.24) is 0 Å². The molecule has 0 bridgehead atoms. The monoisotopic (exact) mass is 362 g/mol. The van der Waals surface area contributed by atoms with E-state index in [9.17, 15) is 18.0 Å². The second kappa shape index (κ2) is 7.40. The van der Waals surface area contributed by atoms with Crippen LogP contribution in [0.3, 0.4) is 0 Å². The van der Waals surface area contributed by atoms with E-state index in [2.05, 4.69) is 5.32 Å². The topological polar surface area (TPSA) is 32.3 Å². The molecule has 0 aliphatic carbocycles. The van der Waals surface area contributed by atoms with Crippen molar-refractivity contribution in [1.29, 1.82) is 0 Å². The number of hydrogen-bond acceptors (Lipinski definition) is 2. The van der Waals surface area contributed by atoms with Crippen molar-refractivity contribution in [3.63, 3.8) is 0 Å². The number of nitrogens with zero attached hydrogens (tertiary/aromatic N) is 1. The fourth-order valence-electron chi connectivity index (χ4n) is 3.20. The molecule has 1 aliphatic rings. The van der Waals surface area contributed by atoms with Crippen LogP contribution >= 0.6 is 0 Å². The van der Waals surface area contributed by atoms with Crippen molar-refractivity contribution >= 4 is 17.3 Å². The quantitative estimate of drug-likeness (QED) is 0.808. The first-order valence-corrected chi connectivity index (χ1v) is 8.69. The van der Waals surface area contributed by atoms with Crippen molar-refractivity contribution in [2.75, 3.05) is 23.3 Å². The number of carbonyl (C=O) groups is 1. The molecule has 0 radical (unpaired) electrons. The minimum Gasteiger partial charge on any atom is -0.370 e. The van der Waals surface area contributed by atoms with Gasteiger partial charge in [-0.15, -0.1) is 0 Å². The number of halogens is 3. The van der Waals surface area contributed by atoms with Crippen LogP contribution in [0.25, 0.3) is 0 Å². The van der Waals surface area contributed by atoms with E-state index in [4.69, 9.17) is 0 Å². The molecule has 0 unspecified atom stereocenters. The molecule has 1 N–H and O–H groups in total. The lowest BCUT2D eigenvalue weighted by Gasteiger charge is -2.31. The van der Waals surface area contributed by atoms with Gasteiger partial charge >= 0.3 is 6.18 Å². The van der Waals surface area contributed by atoms with Crippen LogP contribution < -0.4 is 10.2 Å². The van der Waals surface area contributed by atoms with Crippen LogP contribution in [0, 0.1) is 6.92 Å². The van der Waals surface area contributed by atoms with Crippen molar-refractivity contribution < 1.29 is 18.0 Å². The second-order valence-corrected chi connectivity index (χ2v) is 6.60. The van der Waals surface area contributed by atoms with Crippen LogP contribution in [-0.4, -0.2) is 19.0 Å². The summed E-state index contributed by atoms with van der Waals surface area (Å²) in [5.41, 5.74) is 1.41. The second-order valence-electron chi connectivity index (χ2n) is 6.60. The molecular weight excluding hydrogens is 341 g/mol. The molecule has 3 rings (SSSR count). The van der Waals surface area contributed by atoms with Crippen LogP contribution in [0.15, 0.2) is 42.5 Å². The van der Waals surface area contributed by atoms with Gasteiger partial charge in [-0.1, -0.05) is 17.7 Å². The lowest BCUT2D eigenvalue weighted by Crippen LogP contribution is -2.30. The Labute approximate surface area is 150 Å². The molecule has 2 aromatic carbocycles. The van der Waals surface area contributed by atoms with Crippen molar-refractivity contribution in [3.8, 4) is 0 Å². The Morgan fingerprint density at radius 1 is 1.04 bits per heavy atom. The van der Waals surface area contributed by atoms with Crippen molar-refractivity contribution in [2.24, 2.45) is 0 Å². The van der Waals surface area contributed by atoms with E-state index in [1.54, 1.807) is 18.2 Å². The SMILES string of the molecule is Cc1cccc(C(=O)Nc2cc(C(F)(F)F)ccc2N2CCCCC2)c1. The number of hydrogen-bond donors (Lipinski definition) is 1. The fraction of sp³-hybridized carbons (Fsp3) is 0.350. The molecule has 6 heteroatoms. The zero-order chi connectivity index (χ0) is 18.7. The van der Waals surface area contributed by atoms with Gasteiger partial charge in [0.25, 0.3) is 5.91 Å². The summed E-state index contributed by atoms with van der Waals surface area (Å²) in [5.74, 6) is -0.411. The summed E-state index contributed by atoms with van der Waals surface area (Å²) in [7, 11) is 0. The van der Waals surface area contributed by atoms with Crippen LogP contribution in [0.4, 0.5) is 24.5 Å². The van der Waals surface area contributed by atoms with Crippen LogP contribution in [0.2, 0.25) is 0 Å². The number of piperidine rings is 1. The zero-order valence-electron chi connectivity index (χ0n) is 14.6. The Hall–Kier alpha value is -2.50. The Morgan fingerprint density at radius 3 is 2.42 bits per heavy atom. The predicted octanol–water partition coefficient (Wildman–Crippen LogP) is 5.26. The number of carbonyl (C=O) groups excluding carboxylic acids is 1. The molecule has 3 nitrogen and oxygen atoms in total. The average molecular weight is 362 g/mol. The molecule has 1 fully saturated rings. The maximum atomic E-state index is 13.1. The number of rotatable bonds is 3. The van der Waals surface area contributed by atoms with E-state index < -0.39 is 17.6 Å². The normalized spacial score (nSPS) is 15.0. The van der Waals surface area contributed by atoms with Gasteiger partial charge in [-0.05, 0) is 56.5 Å². The summed E-state index contributed by atoms with van der Waals surface area (Å²) in [6.07, 6.45) is -1.36. The first-order valence-electron chi connectivity index (χ1n) is 8.69. The van der Waals surface area contributed by atoms with Crippen LogP contribution in [-0.2, 0) is 6.18 Å². The summed E-state index contributed by atoms with van der Waals surface area (Å²) >= 11 is 0. The number of amides is 1. The number of alkyl halides is 3. The lowest BCUT2D eigenvalue weighted by molar-refractivity contribution is -0.137. The molecular formula is C20H21F3N2O. The van der Waals surface area contributed by atoms with Crippen LogP contribution in [0.5, 0.6) is 0 Å². The Balaban J connectivity index is 1.94. The Bertz CT molecular complexity index is 796. The average Bonchev–Trinajstić information content (AvgIpc) is 2.61. The summed E-state index contributed by atoms with van der Waals surface area (Å²) in [6.45, 7) is 3.41. The van der Waals surface area contributed by atoms with E-state index in [0.29, 0.717) is 11.3 Å². The van der Waals surface area contributed by atoms with Gasteiger partial charge in [-0.3, -0.25) is 4.79 Å². The molecule has 0 aromatic heterocycles. The van der Waals surface area contributed by atoms with Crippen LogP contribution in [0.1, 0.15) is 40.7 Å². The van der Waals surface area contributed by atoms with E-state index in [0.717, 1.165) is 50.0 Å². The molecule has 2 aromatic rings. The Kier molecular flexibility index (Phi) is 5.20. The van der Waals surface area contributed by atoms with E-state index in [1.165, 1.54) is 6.07 Å². The number of benzene rings is 2. The number of aryl methyl sites for hydroxylation is 1. The summed E-state index contributed by atoms with van der Waals surface area (Å²) in [4.78, 5) is 14.6. The van der Waals surface area contributed by atoms with Gasteiger partial charge in [0.05, 0.1) is 16.9 Å². The molecule has 0 atom stereocenters. The fourth-order valence-corrected chi connectivity index (χ4v) is 3.20. The third-order valence-electron chi connectivity index (χ3n) is 4.55. The molecule has 138 valence electrons. The highest BCUT2D eigenvalue weighted by Crippen LogP contribution is 2.36. The molecule has 0 saturated carbocycles. The highest BCUT2D eigenvalue weighted by molar-refractivity contribution is 6.06. The lowest BCUT2D eigenvalue weighted by atomic mass is 10.1. The predicted molar refractivity (Wildman–Crippen MR) is 96.6 cm³/mol. The van der Waals surface area contributed by atoms with Gasteiger partial charge < -0.3 is 10.2 Å². The third-order valence-corrected chi connectivity index (χ3v) is 4.55. The molecule has 1 saturated heterocycles. The summed E-state index contributed by atoms with van der Waals surface area (Å²) < 4.78 is 39.4. The molecule has 1 heterocycles. The minimum absolute atomic E-state index is 0.202. The van der Waals surface area contributed by atoms with Crippen molar-refractivity contribution in [2.45, 2.75) is 32.4 Å². The zero-order valence-corrected chi connectivity index (χ0v) is 14.6. The maximum absolute atomic E-state index is 13.1. The first kappa shape index (κ1) is 18.3.